The number of carbonyl (C=O) groups is 2. The number of amides is 2. The average molecular weight is 401 g/mol. The summed E-state index contributed by atoms with van der Waals surface area (Å²) in [6.45, 7) is 4.95. The molecule has 5 rings (SSSR count). The smallest absolute Gasteiger partial charge is 0.239 e. The van der Waals surface area contributed by atoms with Crippen molar-refractivity contribution in [2.75, 3.05) is 18.8 Å². The van der Waals surface area contributed by atoms with Crippen LogP contribution in [0.15, 0.2) is 23.1 Å². The van der Waals surface area contributed by atoms with Gasteiger partial charge in [-0.2, -0.15) is 0 Å². The largest absolute Gasteiger partial charge is 0.354 e. The Morgan fingerprint density at radius 2 is 1.64 bits per heavy atom. The molecule has 0 saturated heterocycles. The molecule has 4 fully saturated rings. The van der Waals surface area contributed by atoms with Crippen LogP contribution in [0.4, 0.5) is 0 Å². The van der Waals surface area contributed by atoms with Crippen LogP contribution in [-0.2, 0) is 9.59 Å². The average Bonchev–Trinajstić information content (AvgIpc) is 2.65. The molecule has 152 valence electrons. The first-order valence-electron chi connectivity index (χ1n) is 10.7. The normalized spacial score (nSPS) is 30.3. The first-order chi connectivity index (χ1) is 13.4. The van der Waals surface area contributed by atoms with Crippen LogP contribution in [-0.4, -0.2) is 30.7 Å². The summed E-state index contributed by atoms with van der Waals surface area (Å²) in [5, 5.41) is 5.89. The maximum atomic E-state index is 12.9. The third-order valence-corrected chi connectivity index (χ3v) is 8.10. The second-order valence-electron chi connectivity index (χ2n) is 9.33. The highest BCUT2D eigenvalue weighted by Gasteiger charge is 2.54. The molecule has 0 heterocycles. The van der Waals surface area contributed by atoms with Crippen molar-refractivity contribution in [1.82, 2.24) is 10.6 Å². The molecule has 4 aliphatic carbocycles. The molecular formula is C23H32N2O2S. The van der Waals surface area contributed by atoms with Gasteiger partial charge in [0.05, 0.1) is 6.54 Å². The second kappa shape index (κ2) is 8.10. The van der Waals surface area contributed by atoms with Crippen LogP contribution in [0, 0.1) is 37.0 Å². The van der Waals surface area contributed by atoms with Gasteiger partial charge in [-0.1, -0.05) is 6.07 Å². The number of carbonyl (C=O) groups excluding carboxylic acids is 2. The number of hydrogen-bond acceptors (Lipinski definition) is 3. The number of aryl methyl sites for hydroxylation is 2. The molecule has 1 aromatic carbocycles. The van der Waals surface area contributed by atoms with Crippen molar-refractivity contribution < 1.29 is 9.59 Å². The lowest BCUT2D eigenvalue weighted by atomic mass is 9.49. The van der Waals surface area contributed by atoms with E-state index in [0.29, 0.717) is 6.54 Å². The van der Waals surface area contributed by atoms with Crippen LogP contribution in [0.3, 0.4) is 0 Å². The van der Waals surface area contributed by atoms with Gasteiger partial charge in [0.25, 0.3) is 0 Å². The summed E-state index contributed by atoms with van der Waals surface area (Å²) in [5.41, 5.74) is 2.42. The van der Waals surface area contributed by atoms with Gasteiger partial charge in [-0.05, 0) is 93.4 Å². The lowest BCUT2D eigenvalue weighted by Gasteiger charge is -2.55. The zero-order valence-electron chi connectivity index (χ0n) is 17.1. The van der Waals surface area contributed by atoms with E-state index in [1.807, 2.05) is 0 Å². The Labute approximate surface area is 172 Å². The van der Waals surface area contributed by atoms with Gasteiger partial charge in [-0.3, -0.25) is 9.59 Å². The molecule has 5 heteroatoms. The Bertz CT molecular complexity index is 726. The first kappa shape index (κ1) is 19.8. The lowest BCUT2D eigenvalue weighted by molar-refractivity contribution is -0.147. The summed E-state index contributed by atoms with van der Waals surface area (Å²) in [6, 6.07) is 6.45. The molecule has 0 unspecified atom stereocenters. The minimum Gasteiger partial charge on any atom is -0.354 e. The fourth-order valence-corrected chi connectivity index (χ4v) is 6.83. The minimum atomic E-state index is -0.172. The van der Waals surface area contributed by atoms with E-state index in [1.165, 1.54) is 35.3 Å². The Kier molecular flexibility index (Phi) is 5.73. The first-order valence-corrected chi connectivity index (χ1v) is 11.7. The molecule has 4 bridgehead atoms. The molecule has 0 radical (unpaired) electrons. The summed E-state index contributed by atoms with van der Waals surface area (Å²) >= 11 is 1.75. The van der Waals surface area contributed by atoms with Gasteiger partial charge < -0.3 is 10.6 Å². The maximum Gasteiger partial charge on any atom is 0.239 e. The van der Waals surface area contributed by atoms with Gasteiger partial charge >= 0.3 is 0 Å². The summed E-state index contributed by atoms with van der Waals surface area (Å²) in [6.07, 6.45) is 7.10. The molecule has 0 atom stereocenters. The monoisotopic (exact) mass is 400 g/mol. The van der Waals surface area contributed by atoms with Gasteiger partial charge in [-0.15, -0.1) is 11.8 Å². The Morgan fingerprint density at radius 1 is 1.00 bits per heavy atom. The van der Waals surface area contributed by atoms with Crippen molar-refractivity contribution in [1.29, 1.82) is 0 Å². The van der Waals surface area contributed by atoms with Crippen molar-refractivity contribution in [3.05, 3.63) is 29.3 Å². The Morgan fingerprint density at radius 3 is 2.25 bits per heavy atom. The van der Waals surface area contributed by atoms with Crippen LogP contribution in [0.2, 0.25) is 0 Å². The fraction of sp³-hybridized carbons (Fsp3) is 0.652. The van der Waals surface area contributed by atoms with Gasteiger partial charge in [0.15, 0.2) is 0 Å². The Hall–Kier alpha value is -1.49. The molecule has 4 saturated carbocycles. The highest BCUT2D eigenvalue weighted by molar-refractivity contribution is 7.99. The molecule has 28 heavy (non-hydrogen) atoms. The summed E-state index contributed by atoms with van der Waals surface area (Å²) in [7, 11) is 0. The standard InChI is InChI=1S/C23H32N2O2S/c1-15-3-4-20(7-16(15)2)28-6-5-24-21(26)14-25-22(27)23-11-17-8-18(12-23)10-19(9-17)13-23/h3-4,7,17-19H,5-6,8-14H2,1-2H3,(H,24,26)(H,25,27). The molecule has 4 aliphatic rings. The molecule has 0 aliphatic heterocycles. The van der Waals surface area contributed by atoms with Crippen LogP contribution < -0.4 is 10.6 Å². The van der Waals surface area contributed by atoms with Crippen molar-refractivity contribution in [2.45, 2.75) is 57.3 Å². The van der Waals surface area contributed by atoms with Crippen molar-refractivity contribution in [3.8, 4) is 0 Å². The van der Waals surface area contributed by atoms with E-state index in [1.54, 1.807) is 11.8 Å². The van der Waals surface area contributed by atoms with E-state index in [0.717, 1.165) is 42.8 Å². The summed E-state index contributed by atoms with van der Waals surface area (Å²) in [4.78, 5) is 26.3. The molecule has 2 amide bonds. The highest BCUT2D eigenvalue weighted by Crippen LogP contribution is 2.60. The lowest BCUT2D eigenvalue weighted by Crippen LogP contribution is -2.54. The zero-order chi connectivity index (χ0) is 19.7. The van der Waals surface area contributed by atoms with Gasteiger partial charge in [0, 0.05) is 22.6 Å². The van der Waals surface area contributed by atoms with E-state index in [-0.39, 0.29) is 23.8 Å². The summed E-state index contributed by atoms with van der Waals surface area (Å²) in [5.74, 6) is 3.11. The van der Waals surface area contributed by atoms with Crippen molar-refractivity contribution in [2.24, 2.45) is 23.2 Å². The predicted octanol–water partition coefficient (Wildman–Crippen LogP) is 3.84. The van der Waals surface area contributed by atoms with Crippen LogP contribution in [0.1, 0.15) is 49.7 Å². The van der Waals surface area contributed by atoms with E-state index in [9.17, 15) is 9.59 Å². The van der Waals surface area contributed by atoms with Gasteiger partial charge in [-0.25, -0.2) is 0 Å². The van der Waals surface area contributed by atoms with Gasteiger partial charge in [0.2, 0.25) is 11.8 Å². The van der Waals surface area contributed by atoms with Crippen molar-refractivity contribution >= 4 is 23.6 Å². The van der Waals surface area contributed by atoms with Crippen molar-refractivity contribution in [3.63, 3.8) is 0 Å². The van der Waals surface area contributed by atoms with E-state index < -0.39 is 0 Å². The van der Waals surface area contributed by atoms with Crippen LogP contribution in [0.5, 0.6) is 0 Å². The summed E-state index contributed by atoms with van der Waals surface area (Å²) < 4.78 is 0. The molecule has 0 spiro atoms. The van der Waals surface area contributed by atoms with E-state index in [2.05, 4.69) is 42.7 Å². The second-order valence-corrected chi connectivity index (χ2v) is 10.5. The van der Waals surface area contributed by atoms with E-state index >= 15 is 0 Å². The molecule has 1 aromatic rings. The molecule has 2 N–H and O–H groups in total. The van der Waals surface area contributed by atoms with Gasteiger partial charge in [0.1, 0.15) is 0 Å². The third kappa shape index (κ3) is 4.24. The van der Waals surface area contributed by atoms with E-state index in [4.69, 9.17) is 0 Å². The third-order valence-electron chi connectivity index (χ3n) is 7.10. The number of rotatable bonds is 7. The number of benzene rings is 1. The quantitative estimate of drug-likeness (QED) is 0.540. The van der Waals surface area contributed by atoms with Crippen LogP contribution >= 0.6 is 11.8 Å². The fourth-order valence-electron chi connectivity index (χ4n) is 5.96. The highest BCUT2D eigenvalue weighted by atomic mass is 32.2. The zero-order valence-corrected chi connectivity index (χ0v) is 17.9. The molecule has 0 aromatic heterocycles. The topological polar surface area (TPSA) is 58.2 Å². The molecular weight excluding hydrogens is 368 g/mol. The van der Waals surface area contributed by atoms with Crippen LogP contribution in [0.25, 0.3) is 0 Å². The molecule has 4 nitrogen and oxygen atoms in total. The predicted molar refractivity (Wildman–Crippen MR) is 113 cm³/mol. The number of thioether (sulfide) groups is 1. The SMILES string of the molecule is Cc1ccc(SCCNC(=O)CNC(=O)C23CC4CC(CC(C4)C2)C3)cc1C. The number of hydrogen-bond donors (Lipinski definition) is 2. The minimum absolute atomic E-state index is 0.0845. The maximum absolute atomic E-state index is 12.9. The Balaban J connectivity index is 1.17. The number of nitrogens with one attached hydrogen (secondary N) is 2.